The second kappa shape index (κ2) is 8.22. The van der Waals surface area contributed by atoms with E-state index in [-0.39, 0.29) is 18.6 Å². The number of amides is 1. The van der Waals surface area contributed by atoms with E-state index in [0.717, 1.165) is 16.7 Å². The van der Waals surface area contributed by atoms with Crippen LogP contribution in [0.3, 0.4) is 0 Å². The third-order valence-electron chi connectivity index (χ3n) is 4.04. The van der Waals surface area contributed by atoms with Crippen molar-refractivity contribution in [1.29, 1.82) is 0 Å². The standard InChI is InChI=1S/C21H20N2O2/c24-15-20(14-16-4-2-1-3-5-16)23-21(25)19-8-6-17(7-9-19)18-10-12-22-13-11-18/h1-13,20,24H,14-15H2,(H,23,25)/t20-/m0/s1. The molecule has 4 nitrogen and oxygen atoms in total. The smallest absolute Gasteiger partial charge is 0.251 e. The van der Waals surface area contributed by atoms with Crippen LogP contribution in [0.2, 0.25) is 0 Å². The van der Waals surface area contributed by atoms with Gasteiger partial charge in [-0.3, -0.25) is 9.78 Å². The Hall–Kier alpha value is -2.98. The number of nitrogens with zero attached hydrogens (tertiary/aromatic N) is 1. The highest BCUT2D eigenvalue weighted by Crippen LogP contribution is 2.18. The van der Waals surface area contributed by atoms with Gasteiger partial charge in [-0.2, -0.15) is 0 Å². The van der Waals surface area contributed by atoms with Crippen LogP contribution in [0.15, 0.2) is 79.1 Å². The Balaban J connectivity index is 1.66. The van der Waals surface area contributed by atoms with Gasteiger partial charge in [0.05, 0.1) is 12.6 Å². The van der Waals surface area contributed by atoms with E-state index in [2.05, 4.69) is 10.3 Å². The van der Waals surface area contributed by atoms with Crippen molar-refractivity contribution in [3.05, 3.63) is 90.3 Å². The van der Waals surface area contributed by atoms with Gasteiger partial charge in [-0.1, -0.05) is 42.5 Å². The summed E-state index contributed by atoms with van der Waals surface area (Å²) in [5, 5.41) is 12.4. The Morgan fingerprint density at radius 3 is 2.20 bits per heavy atom. The van der Waals surface area contributed by atoms with Crippen molar-refractivity contribution in [1.82, 2.24) is 10.3 Å². The Morgan fingerprint density at radius 1 is 0.920 bits per heavy atom. The molecule has 4 heteroatoms. The highest BCUT2D eigenvalue weighted by molar-refractivity contribution is 5.94. The lowest BCUT2D eigenvalue weighted by Gasteiger charge is -2.16. The molecule has 3 aromatic rings. The summed E-state index contributed by atoms with van der Waals surface area (Å²) >= 11 is 0. The van der Waals surface area contributed by atoms with Crippen LogP contribution in [-0.4, -0.2) is 28.6 Å². The number of aliphatic hydroxyl groups excluding tert-OH is 1. The van der Waals surface area contributed by atoms with Crippen molar-refractivity contribution in [2.24, 2.45) is 0 Å². The number of aliphatic hydroxyl groups is 1. The molecule has 25 heavy (non-hydrogen) atoms. The molecule has 3 rings (SSSR count). The summed E-state index contributed by atoms with van der Waals surface area (Å²) in [6.45, 7) is -0.101. The van der Waals surface area contributed by atoms with Crippen molar-refractivity contribution in [2.75, 3.05) is 6.61 Å². The molecule has 2 N–H and O–H groups in total. The van der Waals surface area contributed by atoms with E-state index < -0.39 is 0 Å². The molecule has 0 aliphatic rings. The van der Waals surface area contributed by atoms with Crippen LogP contribution in [-0.2, 0) is 6.42 Å². The molecule has 1 amide bonds. The van der Waals surface area contributed by atoms with Gasteiger partial charge < -0.3 is 10.4 Å². The lowest BCUT2D eigenvalue weighted by Crippen LogP contribution is -2.39. The predicted octanol–water partition coefficient (Wildman–Crippen LogP) is 3.08. The summed E-state index contributed by atoms with van der Waals surface area (Å²) in [5.74, 6) is -0.184. The van der Waals surface area contributed by atoms with Crippen molar-refractivity contribution in [3.8, 4) is 11.1 Å². The van der Waals surface area contributed by atoms with Crippen molar-refractivity contribution in [2.45, 2.75) is 12.5 Å². The highest BCUT2D eigenvalue weighted by Gasteiger charge is 2.13. The van der Waals surface area contributed by atoms with Crippen LogP contribution in [0.4, 0.5) is 0 Å². The van der Waals surface area contributed by atoms with E-state index in [1.165, 1.54) is 0 Å². The lowest BCUT2D eigenvalue weighted by atomic mass is 10.0. The molecular weight excluding hydrogens is 312 g/mol. The Bertz CT molecular complexity index is 802. The number of nitrogens with one attached hydrogen (secondary N) is 1. The van der Waals surface area contributed by atoms with Gasteiger partial charge in [0.1, 0.15) is 0 Å². The van der Waals surface area contributed by atoms with Crippen molar-refractivity contribution >= 4 is 5.91 Å². The molecule has 2 aromatic carbocycles. The van der Waals surface area contributed by atoms with Gasteiger partial charge in [0.25, 0.3) is 5.91 Å². The van der Waals surface area contributed by atoms with E-state index in [4.69, 9.17) is 0 Å². The van der Waals surface area contributed by atoms with Crippen LogP contribution in [0, 0.1) is 0 Å². The average molecular weight is 332 g/mol. The number of carbonyl (C=O) groups excluding carboxylic acids is 1. The summed E-state index contributed by atoms with van der Waals surface area (Å²) in [7, 11) is 0. The monoisotopic (exact) mass is 332 g/mol. The van der Waals surface area contributed by atoms with Crippen molar-refractivity contribution in [3.63, 3.8) is 0 Å². The molecule has 0 aliphatic heterocycles. The second-order valence-electron chi connectivity index (χ2n) is 5.86. The topological polar surface area (TPSA) is 62.2 Å². The molecule has 0 spiro atoms. The number of pyridine rings is 1. The minimum absolute atomic E-state index is 0.101. The fraction of sp³-hybridized carbons (Fsp3) is 0.143. The zero-order chi connectivity index (χ0) is 17.5. The van der Waals surface area contributed by atoms with Gasteiger partial charge in [0, 0.05) is 18.0 Å². The van der Waals surface area contributed by atoms with Gasteiger partial charge in [0.15, 0.2) is 0 Å². The van der Waals surface area contributed by atoms with Crippen molar-refractivity contribution < 1.29 is 9.90 Å². The zero-order valence-corrected chi connectivity index (χ0v) is 13.8. The predicted molar refractivity (Wildman–Crippen MR) is 98.2 cm³/mol. The third-order valence-corrected chi connectivity index (χ3v) is 4.04. The van der Waals surface area contributed by atoms with Gasteiger partial charge in [-0.25, -0.2) is 0 Å². The van der Waals surface area contributed by atoms with Crippen LogP contribution in [0.25, 0.3) is 11.1 Å². The molecule has 1 aromatic heterocycles. The van der Waals surface area contributed by atoms with E-state index in [9.17, 15) is 9.90 Å². The molecule has 1 heterocycles. The molecule has 0 radical (unpaired) electrons. The average Bonchev–Trinajstić information content (AvgIpc) is 2.69. The molecule has 0 fully saturated rings. The number of aromatic nitrogens is 1. The highest BCUT2D eigenvalue weighted by atomic mass is 16.3. The fourth-order valence-electron chi connectivity index (χ4n) is 2.69. The Kier molecular flexibility index (Phi) is 5.54. The maximum Gasteiger partial charge on any atom is 0.251 e. The summed E-state index contributed by atoms with van der Waals surface area (Å²) in [4.78, 5) is 16.4. The van der Waals surface area contributed by atoms with Gasteiger partial charge in [0.2, 0.25) is 0 Å². The number of rotatable bonds is 6. The quantitative estimate of drug-likeness (QED) is 0.729. The minimum Gasteiger partial charge on any atom is -0.394 e. The van der Waals surface area contributed by atoms with Gasteiger partial charge >= 0.3 is 0 Å². The Labute approximate surface area is 147 Å². The van der Waals surface area contributed by atoms with E-state index in [1.807, 2.05) is 54.6 Å². The van der Waals surface area contributed by atoms with Gasteiger partial charge in [-0.15, -0.1) is 0 Å². The number of benzene rings is 2. The first-order valence-electron chi connectivity index (χ1n) is 8.22. The zero-order valence-electron chi connectivity index (χ0n) is 13.8. The number of hydrogen-bond donors (Lipinski definition) is 2. The molecule has 0 aliphatic carbocycles. The summed E-state index contributed by atoms with van der Waals surface area (Å²) in [5.41, 5.74) is 3.74. The van der Waals surface area contributed by atoms with Gasteiger partial charge in [-0.05, 0) is 47.4 Å². The maximum atomic E-state index is 12.4. The van der Waals surface area contributed by atoms with Crippen LogP contribution in [0.5, 0.6) is 0 Å². The molecule has 0 bridgehead atoms. The summed E-state index contributed by atoms with van der Waals surface area (Å²) in [6.07, 6.45) is 4.08. The molecular formula is C21H20N2O2. The van der Waals surface area contributed by atoms with Crippen LogP contribution >= 0.6 is 0 Å². The molecule has 0 unspecified atom stereocenters. The first-order valence-corrected chi connectivity index (χ1v) is 8.22. The second-order valence-corrected chi connectivity index (χ2v) is 5.86. The van der Waals surface area contributed by atoms with E-state index in [0.29, 0.717) is 12.0 Å². The van der Waals surface area contributed by atoms with E-state index in [1.54, 1.807) is 24.5 Å². The first kappa shape index (κ1) is 16.9. The lowest BCUT2D eigenvalue weighted by molar-refractivity contribution is 0.0916. The largest absolute Gasteiger partial charge is 0.394 e. The molecule has 0 saturated carbocycles. The van der Waals surface area contributed by atoms with Crippen LogP contribution in [0.1, 0.15) is 15.9 Å². The van der Waals surface area contributed by atoms with Crippen LogP contribution < -0.4 is 5.32 Å². The summed E-state index contributed by atoms with van der Waals surface area (Å²) in [6, 6.07) is 20.8. The minimum atomic E-state index is -0.310. The van der Waals surface area contributed by atoms with E-state index >= 15 is 0 Å². The SMILES string of the molecule is O=C(N[C@H](CO)Cc1ccccc1)c1ccc(-c2ccncc2)cc1. The third kappa shape index (κ3) is 4.52. The fourth-order valence-corrected chi connectivity index (χ4v) is 2.69. The molecule has 0 saturated heterocycles. The maximum absolute atomic E-state index is 12.4. The Morgan fingerprint density at radius 2 is 1.56 bits per heavy atom. The molecule has 126 valence electrons. The normalized spacial score (nSPS) is 11.7. The molecule has 1 atom stereocenters. The summed E-state index contributed by atoms with van der Waals surface area (Å²) < 4.78 is 0. The first-order chi connectivity index (χ1) is 12.3. The number of carbonyl (C=O) groups is 1. The number of hydrogen-bond acceptors (Lipinski definition) is 3.